The maximum Gasteiger partial charge on any atom is 0.342 e. The first-order valence-electron chi connectivity index (χ1n) is 23.3. The van der Waals surface area contributed by atoms with Crippen LogP contribution in [0.3, 0.4) is 0 Å². The van der Waals surface area contributed by atoms with E-state index < -0.39 is 47.9 Å². The second kappa shape index (κ2) is 22.6. The number of carbonyl (C=O) groups excluding carboxylic acids is 3. The first kappa shape index (κ1) is 50.8. The Kier molecular flexibility index (Phi) is 16.9. The van der Waals surface area contributed by atoms with E-state index in [0.717, 1.165) is 38.5 Å². The molecule has 2 saturated carbocycles. The summed E-state index contributed by atoms with van der Waals surface area (Å²) >= 11 is 0. The van der Waals surface area contributed by atoms with Crippen molar-refractivity contribution in [1.29, 1.82) is 0 Å². The lowest BCUT2D eigenvalue weighted by Gasteiger charge is -2.22. The van der Waals surface area contributed by atoms with Crippen molar-refractivity contribution in [2.24, 2.45) is 11.8 Å². The molecule has 0 aromatic heterocycles. The molecular formula is C52H66O16. The van der Waals surface area contributed by atoms with E-state index in [2.05, 4.69) is 0 Å². The van der Waals surface area contributed by atoms with Gasteiger partial charge in [0.15, 0.2) is 30.9 Å². The summed E-state index contributed by atoms with van der Waals surface area (Å²) in [7, 11) is 6.13. The Hall–Kier alpha value is -5.07. The quantitative estimate of drug-likeness (QED) is 0.153. The van der Waals surface area contributed by atoms with Gasteiger partial charge >= 0.3 is 11.9 Å². The highest BCUT2D eigenvalue weighted by molar-refractivity contribution is 5.98. The number of aliphatic hydroxyl groups excluding tert-OH is 1. The molecule has 8 rings (SSSR count). The average molecular weight is 947 g/mol. The van der Waals surface area contributed by atoms with Gasteiger partial charge in [-0.15, -0.1) is 0 Å². The van der Waals surface area contributed by atoms with Gasteiger partial charge < -0.3 is 61.9 Å². The fourth-order valence-corrected chi connectivity index (χ4v) is 9.59. The van der Waals surface area contributed by atoms with Gasteiger partial charge in [0.2, 0.25) is 0 Å². The maximum absolute atomic E-state index is 13.4. The molecule has 370 valence electrons. The van der Waals surface area contributed by atoms with Crippen molar-refractivity contribution in [3.8, 4) is 23.0 Å². The fraction of sp³-hybridized carbons (Fsp3) is 0.558. The Morgan fingerprint density at radius 3 is 1.62 bits per heavy atom. The molecule has 16 heteroatoms. The van der Waals surface area contributed by atoms with E-state index >= 15 is 0 Å². The van der Waals surface area contributed by atoms with E-state index in [9.17, 15) is 19.5 Å². The standard InChI is InChI=1S/C26H34O8.C26H32O8/c2*1-26(2)33-21-10-6-8-17-13-18(30-4)14-22(31-15-29-3)23(17)25(28)32-20-9-5-7-16(20)11-12-19(27)24(21)34-26/h6,8,11-14,16,19-21,24,27H,5,7,9-10,15H2,1-4H3;6,8,11-14,16,20-21,24H,5,7,9-10,15H2,1-4H3/b2*8-6+,12-11-/t16-,19?,20+,21-,24+;16-,20+,21-,24+/m00/s1. The van der Waals surface area contributed by atoms with Gasteiger partial charge in [-0.05, 0) is 108 Å². The van der Waals surface area contributed by atoms with Crippen LogP contribution in [0, 0.1) is 11.8 Å². The van der Waals surface area contributed by atoms with Crippen molar-refractivity contribution in [2.45, 2.75) is 133 Å². The van der Waals surface area contributed by atoms with Crippen LogP contribution in [0.15, 0.2) is 60.7 Å². The number of benzene rings is 2. The lowest BCUT2D eigenvalue weighted by atomic mass is 9.98. The molecule has 6 aliphatic rings. The lowest BCUT2D eigenvalue weighted by Crippen LogP contribution is -2.34. The predicted octanol–water partition coefficient (Wildman–Crippen LogP) is 7.92. The number of aliphatic hydroxyl groups is 1. The third-order valence-corrected chi connectivity index (χ3v) is 12.7. The molecule has 0 spiro atoms. The zero-order valence-electron chi connectivity index (χ0n) is 40.3. The number of rotatable bonds is 8. The van der Waals surface area contributed by atoms with Gasteiger partial charge in [-0.1, -0.05) is 42.5 Å². The fourth-order valence-electron chi connectivity index (χ4n) is 9.59. The largest absolute Gasteiger partial charge is 0.497 e. The van der Waals surface area contributed by atoms with Crippen LogP contribution >= 0.6 is 0 Å². The summed E-state index contributed by atoms with van der Waals surface area (Å²) in [4.78, 5) is 39.7. The molecule has 2 aromatic rings. The van der Waals surface area contributed by atoms with Gasteiger partial charge in [-0.25, -0.2) is 9.59 Å². The van der Waals surface area contributed by atoms with Crippen molar-refractivity contribution in [3.05, 3.63) is 83.0 Å². The minimum atomic E-state index is -0.863. The third kappa shape index (κ3) is 12.4. The van der Waals surface area contributed by atoms with Gasteiger partial charge in [0, 0.05) is 38.2 Å². The predicted molar refractivity (Wildman–Crippen MR) is 248 cm³/mol. The molecule has 0 amide bonds. The van der Waals surface area contributed by atoms with Crippen molar-refractivity contribution >= 4 is 29.9 Å². The zero-order valence-corrected chi connectivity index (χ0v) is 40.3. The molecular weight excluding hydrogens is 881 g/mol. The Labute approximate surface area is 398 Å². The number of carbonyl (C=O) groups is 3. The Morgan fingerprint density at radius 2 is 1.09 bits per heavy atom. The Morgan fingerprint density at radius 1 is 0.588 bits per heavy atom. The number of esters is 2. The summed E-state index contributed by atoms with van der Waals surface area (Å²) in [6, 6.07) is 6.83. The minimum absolute atomic E-state index is 0.0101. The first-order valence-corrected chi connectivity index (χ1v) is 23.3. The first-order chi connectivity index (χ1) is 32.6. The van der Waals surface area contributed by atoms with Crippen molar-refractivity contribution < 1.29 is 76.3 Å². The van der Waals surface area contributed by atoms with Gasteiger partial charge in [0.25, 0.3) is 0 Å². The molecule has 68 heavy (non-hydrogen) atoms. The summed E-state index contributed by atoms with van der Waals surface area (Å²) in [5.41, 5.74) is 1.81. The molecule has 4 heterocycles. The monoisotopic (exact) mass is 946 g/mol. The maximum atomic E-state index is 13.4. The number of fused-ring (bicyclic) bond motifs is 6. The Bertz CT molecular complexity index is 2230. The van der Waals surface area contributed by atoms with E-state index in [1.165, 1.54) is 14.2 Å². The number of ketones is 1. The van der Waals surface area contributed by atoms with Gasteiger partial charge in [0.1, 0.15) is 64.6 Å². The van der Waals surface area contributed by atoms with E-state index in [4.69, 9.17) is 56.8 Å². The highest BCUT2D eigenvalue weighted by Crippen LogP contribution is 2.39. The minimum Gasteiger partial charge on any atom is -0.497 e. The highest BCUT2D eigenvalue weighted by Gasteiger charge is 2.45. The Balaban J connectivity index is 0.000000201. The molecule has 16 nitrogen and oxygen atoms in total. The molecule has 9 atom stereocenters. The molecule has 4 aliphatic heterocycles. The van der Waals surface area contributed by atoms with Crippen LogP contribution < -0.4 is 18.9 Å². The summed E-state index contributed by atoms with van der Waals surface area (Å²) in [6.45, 7) is 7.23. The molecule has 0 radical (unpaired) electrons. The molecule has 2 aromatic carbocycles. The van der Waals surface area contributed by atoms with E-state index in [1.807, 2.05) is 44.2 Å². The molecule has 4 fully saturated rings. The summed E-state index contributed by atoms with van der Waals surface area (Å²) in [5.74, 6) is -1.08. The summed E-state index contributed by atoms with van der Waals surface area (Å²) < 4.78 is 68.4. The smallest absolute Gasteiger partial charge is 0.342 e. The number of hydrogen-bond donors (Lipinski definition) is 1. The van der Waals surface area contributed by atoms with E-state index in [0.29, 0.717) is 58.1 Å². The van der Waals surface area contributed by atoms with Crippen LogP contribution in [-0.4, -0.2) is 119 Å². The molecule has 2 aliphatic carbocycles. The highest BCUT2D eigenvalue weighted by atomic mass is 16.8. The molecule has 1 unspecified atom stereocenters. The second-order valence-electron chi connectivity index (χ2n) is 18.5. The number of hydrogen-bond acceptors (Lipinski definition) is 16. The molecule has 0 bridgehead atoms. The van der Waals surface area contributed by atoms with E-state index in [-0.39, 0.29) is 49.5 Å². The van der Waals surface area contributed by atoms with Crippen LogP contribution in [0.4, 0.5) is 0 Å². The van der Waals surface area contributed by atoms with E-state index in [1.54, 1.807) is 70.6 Å². The van der Waals surface area contributed by atoms with Crippen molar-refractivity contribution in [1.82, 2.24) is 0 Å². The second-order valence-corrected chi connectivity index (χ2v) is 18.5. The summed E-state index contributed by atoms with van der Waals surface area (Å²) in [6.07, 6.45) is 16.9. The van der Waals surface area contributed by atoms with Gasteiger partial charge in [-0.2, -0.15) is 0 Å². The van der Waals surface area contributed by atoms with Crippen LogP contribution in [0.2, 0.25) is 0 Å². The lowest BCUT2D eigenvalue weighted by molar-refractivity contribution is -0.152. The van der Waals surface area contributed by atoms with Crippen LogP contribution in [-0.2, 0) is 42.7 Å². The average Bonchev–Trinajstić information content (AvgIpc) is 4.09. The molecule has 2 saturated heterocycles. The summed E-state index contributed by atoms with van der Waals surface area (Å²) in [5, 5.41) is 10.9. The molecule has 1 N–H and O–H groups in total. The van der Waals surface area contributed by atoms with Crippen molar-refractivity contribution in [3.63, 3.8) is 0 Å². The number of methoxy groups -OCH3 is 4. The topological polar surface area (TPSA) is 182 Å². The third-order valence-electron chi connectivity index (χ3n) is 12.7. The van der Waals surface area contributed by atoms with Crippen molar-refractivity contribution in [2.75, 3.05) is 42.0 Å². The SMILES string of the molecule is COCOc1cc(OC)cc2c1C(=O)O[C@@H]1CCC[C@H]1/C=C\C(=O)[C@H]1OC(C)(C)O[C@H]1C/C=C/2.COCOc1cc(OC)cc2c1C(=O)O[C@@H]1CCC[C@H]1/C=C\C(O)[C@H]1OC(C)(C)O[C@H]1C/C=C/2. The van der Waals surface area contributed by atoms with Crippen LogP contribution in [0.1, 0.15) is 111 Å². The van der Waals surface area contributed by atoms with Gasteiger partial charge in [-0.3, -0.25) is 4.79 Å². The number of ether oxygens (including phenoxy) is 12. The zero-order chi connectivity index (χ0) is 48.6. The van der Waals surface area contributed by atoms with Gasteiger partial charge in [0.05, 0.1) is 26.4 Å². The van der Waals surface area contributed by atoms with Crippen LogP contribution in [0.25, 0.3) is 12.2 Å². The normalized spacial score (nSPS) is 31.4. The van der Waals surface area contributed by atoms with Crippen LogP contribution in [0.5, 0.6) is 23.0 Å².